The van der Waals surface area contributed by atoms with Gasteiger partial charge in [0.25, 0.3) is 0 Å². The third kappa shape index (κ3) is 4.87. The summed E-state index contributed by atoms with van der Waals surface area (Å²) in [5.41, 5.74) is 0. The maximum absolute atomic E-state index is 12.7. The normalized spacial score (nSPS) is 23.4. The van der Waals surface area contributed by atoms with Gasteiger partial charge in [-0.05, 0) is 38.5 Å². The third-order valence-electron chi connectivity index (χ3n) is 4.55. The largest absolute Gasteiger partial charge is 0.395 e. The zero-order chi connectivity index (χ0) is 16.0. The summed E-state index contributed by atoms with van der Waals surface area (Å²) >= 11 is 0. The van der Waals surface area contributed by atoms with Crippen LogP contribution >= 0.6 is 0 Å². The number of alkyl halides is 3. The van der Waals surface area contributed by atoms with Gasteiger partial charge in [0.05, 0.1) is 12.5 Å². The molecule has 0 unspecified atom stereocenters. The van der Waals surface area contributed by atoms with E-state index in [1.165, 1.54) is 0 Å². The number of amides is 1. The molecule has 1 amide bonds. The Bertz CT molecular complexity index is 321. The lowest BCUT2D eigenvalue weighted by Crippen LogP contribution is -2.46. The summed E-state index contributed by atoms with van der Waals surface area (Å²) in [6, 6.07) is 0.0602. The molecule has 0 aromatic rings. The van der Waals surface area contributed by atoms with E-state index in [1.54, 1.807) is 4.90 Å². The molecule has 0 aliphatic heterocycles. The molecule has 1 rings (SSSR count). The second-order valence-corrected chi connectivity index (χ2v) is 5.82. The zero-order valence-corrected chi connectivity index (χ0v) is 12.8. The molecule has 6 heteroatoms. The van der Waals surface area contributed by atoms with E-state index in [-0.39, 0.29) is 43.9 Å². The van der Waals surface area contributed by atoms with Crippen LogP contribution in [0.5, 0.6) is 0 Å². The number of carbonyl (C=O) groups is 1. The second-order valence-electron chi connectivity index (χ2n) is 5.82. The van der Waals surface area contributed by atoms with E-state index < -0.39 is 12.1 Å². The standard InChI is InChI=1S/C15H26F3NO2/c1-3-13(4-2)19(9-10-20)14(21)11-5-7-12(8-6-11)15(16,17)18/h11-13,20H,3-10H2,1-2H3. The Balaban J connectivity index is 2.65. The van der Waals surface area contributed by atoms with Gasteiger partial charge in [-0.1, -0.05) is 13.8 Å². The second kappa shape index (κ2) is 8.01. The molecule has 1 aliphatic carbocycles. The zero-order valence-electron chi connectivity index (χ0n) is 12.8. The number of rotatable bonds is 6. The highest BCUT2D eigenvalue weighted by molar-refractivity contribution is 5.79. The van der Waals surface area contributed by atoms with E-state index in [4.69, 9.17) is 5.11 Å². The molecule has 0 spiro atoms. The monoisotopic (exact) mass is 309 g/mol. The summed E-state index contributed by atoms with van der Waals surface area (Å²) in [7, 11) is 0. The van der Waals surface area contributed by atoms with Gasteiger partial charge in [-0.25, -0.2) is 0 Å². The number of aliphatic hydroxyl groups is 1. The molecule has 0 radical (unpaired) electrons. The van der Waals surface area contributed by atoms with Crippen molar-refractivity contribution in [2.45, 2.75) is 64.6 Å². The SMILES string of the molecule is CCC(CC)N(CCO)C(=O)C1CCC(C(F)(F)F)CC1. The fourth-order valence-corrected chi connectivity index (χ4v) is 3.21. The first-order chi connectivity index (χ1) is 9.85. The Hall–Kier alpha value is -0.780. The highest BCUT2D eigenvalue weighted by Gasteiger charge is 2.43. The smallest absolute Gasteiger partial charge is 0.391 e. The van der Waals surface area contributed by atoms with Gasteiger partial charge in [-0.2, -0.15) is 13.2 Å². The fraction of sp³-hybridized carbons (Fsp3) is 0.933. The van der Waals surface area contributed by atoms with Gasteiger partial charge >= 0.3 is 6.18 Å². The molecule has 0 saturated heterocycles. The third-order valence-corrected chi connectivity index (χ3v) is 4.55. The van der Waals surface area contributed by atoms with Gasteiger partial charge < -0.3 is 10.0 Å². The van der Waals surface area contributed by atoms with Crippen LogP contribution in [0.1, 0.15) is 52.4 Å². The number of aliphatic hydroxyl groups excluding tert-OH is 1. The van der Waals surface area contributed by atoms with E-state index in [0.29, 0.717) is 12.8 Å². The van der Waals surface area contributed by atoms with Crippen molar-refractivity contribution in [3.8, 4) is 0 Å². The number of carbonyl (C=O) groups excluding carboxylic acids is 1. The first-order valence-electron chi connectivity index (χ1n) is 7.83. The van der Waals surface area contributed by atoms with Crippen molar-refractivity contribution in [3.05, 3.63) is 0 Å². The Kier molecular flexibility index (Phi) is 6.97. The Morgan fingerprint density at radius 3 is 2.10 bits per heavy atom. The highest BCUT2D eigenvalue weighted by Crippen LogP contribution is 2.40. The van der Waals surface area contributed by atoms with Crippen LogP contribution in [0.2, 0.25) is 0 Å². The van der Waals surface area contributed by atoms with Crippen LogP contribution in [0.4, 0.5) is 13.2 Å². The predicted molar refractivity (Wildman–Crippen MR) is 74.7 cm³/mol. The lowest BCUT2D eigenvalue weighted by Gasteiger charge is -2.36. The van der Waals surface area contributed by atoms with Crippen molar-refractivity contribution in [2.24, 2.45) is 11.8 Å². The molecule has 3 nitrogen and oxygen atoms in total. The number of hydrogen-bond donors (Lipinski definition) is 1. The summed E-state index contributed by atoms with van der Waals surface area (Å²) < 4.78 is 38.0. The van der Waals surface area contributed by atoms with Gasteiger partial charge in [-0.15, -0.1) is 0 Å². The van der Waals surface area contributed by atoms with Crippen LogP contribution in [-0.4, -0.2) is 41.3 Å². The van der Waals surface area contributed by atoms with Gasteiger partial charge in [-0.3, -0.25) is 4.79 Å². The quantitative estimate of drug-likeness (QED) is 0.817. The lowest BCUT2D eigenvalue weighted by molar-refractivity contribution is -0.185. The van der Waals surface area contributed by atoms with Crippen molar-refractivity contribution in [2.75, 3.05) is 13.2 Å². The highest BCUT2D eigenvalue weighted by atomic mass is 19.4. The molecule has 0 bridgehead atoms. The number of nitrogens with zero attached hydrogens (tertiary/aromatic N) is 1. The minimum absolute atomic E-state index is 0.0375. The Labute approximate surface area is 124 Å². The molecule has 1 saturated carbocycles. The van der Waals surface area contributed by atoms with Crippen molar-refractivity contribution in [1.82, 2.24) is 4.90 Å². The van der Waals surface area contributed by atoms with Crippen LogP contribution in [0, 0.1) is 11.8 Å². The Morgan fingerprint density at radius 2 is 1.71 bits per heavy atom. The molecule has 1 fully saturated rings. The maximum Gasteiger partial charge on any atom is 0.391 e. The van der Waals surface area contributed by atoms with E-state index in [9.17, 15) is 18.0 Å². The fourth-order valence-electron chi connectivity index (χ4n) is 3.21. The van der Waals surface area contributed by atoms with Crippen LogP contribution < -0.4 is 0 Å². The average molecular weight is 309 g/mol. The molecule has 21 heavy (non-hydrogen) atoms. The molecular weight excluding hydrogens is 283 g/mol. The molecule has 0 heterocycles. The van der Waals surface area contributed by atoms with Gasteiger partial charge in [0, 0.05) is 18.5 Å². The molecule has 124 valence electrons. The molecule has 0 aromatic carbocycles. The molecule has 1 N–H and O–H groups in total. The van der Waals surface area contributed by atoms with Crippen LogP contribution in [0.25, 0.3) is 0 Å². The van der Waals surface area contributed by atoms with E-state index in [0.717, 1.165) is 12.8 Å². The topological polar surface area (TPSA) is 40.5 Å². The summed E-state index contributed by atoms with van der Waals surface area (Å²) in [4.78, 5) is 14.2. The first kappa shape index (κ1) is 18.3. The van der Waals surface area contributed by atoms with Crippen molar-refractivity contribution in [1.29, 1.82) is 0 Å². The van der Waals surface area contributed by atoms with Crippen LogP contribution in [0.3, 0.4) is 0 Å². The minimum atomic E-state index is -4.14. The Morgan fingerprint density at radius 1 is 1.19 bits per heavy atom. The van der Waals surface area contributed by atoms with Crippen LogP contribution in [0.15, 0.2) is 0 Å². The average Bonchev–Trinajstić information content (AvgIpc) is 2.46. The summed E-state index contributed by atoms with van der Waals surface area (Å²) in [5.74, 6) is -1.67. The summed E-state index contributed by atoms with van der Waals surface area (Å²) in [6.07, 6.45) is -1.89. The number of hydrogen-bond acceptors (Lipinski definition) is 2. The van der Waals surface area contributed by atoms with Gasteiger partial charge in [0.15, 0.2) is 0 Å². The molecule has 0 atom stereocenters. The molecule has 0 aromatic heterocycles. The van der Waals surface area contributed by atoms with Crippen molar-refractivity contribution < 1.29 is 23.1 Å². The predicted octanol–water partition coefficient (Wildman–Crippen LogP) is 3.36. The van der Waals surface area contributed by atoms with Gasteiger partial charge in [0.1, 0.15) is 0 Å². The molecular formula is C15H26F3NO2. The first-order valence-corrected chi connectivity index (χ1v) is 7.83. The number of halogens is 3. The lowest BCUT2D eigenvalue weighted by atomic mass is 9.80. The molecule has 1 aliphatic rings. The van der Waals surface area contributed by atoms with E-state index in [1.807, 2.05) is 13.8 Å². The minimum Gasteiger partial charge on any atom is -0.395 e. The van der Waals surface area contributed by atoms with E-state index >= 15 is 0 Å². The van der Waals surface area contributed by atoms with Crippen molar-refractivity contribution >= 4 is 5.91 Å². The summed E-state index contributed by atoms with van der Waals surface area (Å²) in [5, 5.41) is 9.13. The van der Waals surface area contributed by atoms with Crippen molar-refractivity contribution in [3.63, 3.8) is 0 Å². The van der Waals surface area contributed by atoms with E-state index in [2.05, 4.69) is 0 Å². The maximum atomic E-state index is 12.7. The summed E-state index contributed by atoms with van der Waals surface area (Å²) in [6.45, 7) is 4.11. The van der Waals surface area contributed by atoms with Crippen LogP contribution in [-0.2, 0) is 4.79 Å². The van der Waals surface area contributed by atoms with Gasteiger partial charge in [0.2, 0.25) is 5.91 Å².